The van der Waals surface area contributed by atoms with E-state index in [0.29, 0.717) is 41.7 Å². The minimum Gasteiger partial charge on any atom is -0.351 e. The number of carbonyl (C=O) groups is 2. The third kappa shape index (κ3) is 3.13. The molecule has 1 atom stereocenters. The van der Waals surface area contributed by atoms with Gasteiger partial charge < -0.3 is 14.8 Å². The highest BCUT2D eigenvalue weighted by atomic mass is 35.5. The molecule has 4 heterocycles. The molecule has 0 aromatic carbocycles. The van der Waals surface area contributed by atoms with Gasteiger partial charge in [0.2, 0.25) is 0 Å². The van der Waals surface area contributed by atoms with Gasteiger partial charge in [0, 0.05) is 37.6 Å². The summed E-state index contributed by atoms with van der Waals surface area (Å²) >= 11 is 5.94. The van der Waals surface area contributed by atoms with E-state index >= 15 is 0 Å². The standard InChI is InChI=1S/C19H21ClN6O2/c1-3-6-21-18(27)16-5-4-15-12(2)24(7-8-25(15)16)19(28)14-9-17-22-10-13(20)11-26(17)23-14/h4-5,9-12H,3,6-8H2,1-2H3,(H,21,27). The third-order valence-electron chi connectivity index (χ3n) is 5.00. The number of aromatic nitrogens is 4. The minimum atomic E-state index is -0.171. The summed E-state index contributed by atoms with van der Waals surface area (Å²) in [6, 6.07) is 5.22. The minimum absolute atomic E-state index is 0.0802. The van der Waals surface area contributed by atoms with Crippen LogP contribution in [0, 0.1) is 0 Å². The maximum atomic E-state index is 13.1. The first-order valence-electron chi connectivity index (χ1n) is 9.29. The van der Waals surface area contributed by atoms with E-state index in [1.165, 1.54) is 10.7 Å². The van der Waals surface area contributed by atoms with E-state index in [4.69, 9.17) is 11.6 Å². The quantitative estimate of drug-likeness (QED) is 0.729. The van der Waals surface area contributed by atoms with Crippen LogP contribution >= 0.6 is 11.6 Å². The molecule has 3 aromatic rings. The number of rotatable bonds is 4. The predicted molar refractivity (Wildman–Crippen MR) is 105 cm³/mol. The Morgan fingerprint density at radius 1 is 1.32 bits per heavy atom. The molecule has 0 bridgehead atoms. The molecule has 0 fully saturated rings. The number of amides is 2. The van der Waals surface area contributed by atoms with Gasteiger partial charge in [-0.2, -0.15) is 5.10 Å². The molecule has 9 heteroatoms. The van der Waals surface area contributed by atoms with Crippen LogP contribution < -0.4 is 5.32 Å². The van der Waals surface area contributed by atoms with Crippen LogP contribution in [0.4, 0.5) is 0 Å². The first kappa shape index (κ1) is 18.5. The molecule has 0 aliphatic carbocycles. The van der Waals surface area contributed by atoms with Crippen LogP contribution in [-0.4, -0.2) is 49.0 Å². The van der Waals surface area contributed by atoms with Crippen LogP contribution in [-0.2, 0) is 6.54 Å². The first-order valence-corrected chi connectivity index (χ1v) is 9.67. The molecule has 146 valence electrons. The van der Waals surface area contributed by atoms with Crippen molar-refractivity contribution >= 4 is 29.1 Å². The molecule has 0 radical (unpaired) electrons. The normalized spacial score (nSPS) is 16.2. The molecule has 0 spiro atoms. The fraction of sp³-hybridized carbons (Fsp3) is 0.368. The Hall–Kier alpha value is -2.87. The Labute approximate surface area is 167 Å². The van der Waals surface area contributed by atoms with E-state index in [9.17, 15) is 9.59 Å². The second-order valence-corrected chi connectivity index (χ2v) is 7.27. The zero-order valence-electron chi connectivity index (χ0n) is 15.7. The van der Waals surface area contributed by atoms with E-state index in [2.05, 4.69) is 15.4 Å². The van der Waals surface area contributed by atoms with Crippen molar-refractivity contribution in [3.05, 3.63) is 52.7 Å². The second kappa shape index (κ2) is 7.27. The molecule has 1 aliphatic heterocycles. The Bertz CT molecular complexity index is 1060. The van der Waals surface area contributed by atoms with Crippen molar-refractivity contribution in [1.82, 2.24) is 29.4 Å². The highest BCUT2D eigenvalue weighted by Crippen LogP contribution is 2.28. The summed E-state index contributed by atoms with van der Waals surface area (Å²) in [6.45, 7) is 5.68. The van der Waals surface area contributed by atoms with E-state index in [-0.39, 0.29) is 17.9 Å². The van der Waals surface area contributed by atoms with Gasteiger partial charge in [0.15, 0.2) is 11.3 Å². The van der Waals surface area contributed by atoms with Crippen molar-refractivity contribution in [2.75, 3.05) is 13.1 Å². The lowest BCUT2D eigenvalue weighted by molar-refractivity contribution is 0.0635. The number of halogens is 1. The fourth-order valence-electron chi connectivity index (χ4n) is 3.57. The topological polar surface area (TPSA) is 84.5 Å². The molecule has 0 saturated carbocycles. The van der Waals surface area contributed by atoms with Crippen LogP contribution in [0.15, 0.2) is 30.6 Å². The number of nitrogens with zero attached hydrogens (tertiary/aromatic N) is 5. The summed E-state index contributed by atoms with van der Waals surface area (Å²) < 4.78 is 3.49. The molecule has 28 heavy (non-hydrogen) atoms. The Kier molecular flexibility index (Phi) is 4.80. The van der Waals surface area contributed by atoms with Crippen molar-refractivity contribution in [3.63, 3.8) is 0 Å². The van der Waals surface area contributed by atoms with Gasteiger partial charge in [-0.3, -0.25) is 9.59 Å². The summed E-state index contributed by atoms with van der Waals surface area (Å²) in [5, 5.41) is 7.67. The van der Waals surface area contributed by atoms with Gasteiger partial charge >= 0.3 is 0 Å². The van der Waals surface area contributed by atoms with Gasteiger partial charge in [0.1, 0.15) is 5.69 Å². The predicted octanol–water partition coefficient (Wildman–Crippen LogP) is 2.54. The summed E-state index contributed by atoms with van der Waals surface area (Å²) in [7, 11) is 0. The fourth-order valence-corrected chi connectivity index (χ4v) is 3.71. The number of fused-ring (bicyclic) bond motifs is 2. The molecule has 1 aliphatic rings. The van der Waals surface area contributed by atoms with Crippen LogP contribution in [0.25, 0.3) is 5.65 Å². The zero-order chi connectivity index (χ0) is 19.8. The smallest absolute Gasteiger partial charge is 0.275 e. The maximum absolute atomic E-state index is 13.1. The Morgan fingerprint density at radius 3 is 2.93 bits per heavy atom. The van der Waals surface area contributed by atoms with E-state index < -0.39 is 0 Å². The van der Waals surface area contributed by atoms with Crippen molar-refractivity contribution < 1.29 is 9.59 Å². The largest absolute Gasteiger partial charge is 0.351 e. The summed E-state index contributed by atoms with van der Waals surface area (Å²) in [5.74, 6) is -0.248. The average Bonchev–Trinajstić information content (AvgIpc) is 3.30. The highest BCUT2D eigenvalue weighted by Gasteiger charge is 2.31. The molecular formula is C19H21ClN6O2. The monoisotopic (exact) mass is 400 g/mol. The van der Waals surface area contributed by atoms with Crippen molar-refractivity contribution in [2.45, 2.75) is 32.9 Å². The summed E-state index contributed by atoms with van der Waals surface area (Å²) in [5.41, 5.74) is 2.46. The first-order chi connectivity index (χ1) is 13.5. The van der Waals surface area contributed by atoms with Crippen LogP contribution in [0.3, 0.4) is 0 Å². The molecular weight excluding hydrogens is 380 g/mol. The molecule has 1 unspecified atom stereocenters. The van der Waals surface area contributed by atoms with Gasteiger partial charge in [0.25, 0.3) is 11.8 Å². The lowest BCUT2D eigenvalue weighted by atomic mass is 10.1. The number of nitrogens with one attached hydrogen (secondary N) is 1. The maximum Gasteiger partial charge on any atom is 0.275 e. The van der Waals surface area contributed by atoms with E-state index in [1.807, 2.05) is 30.5 Å². The lowest BCUT2D eigenvalue weighted by Crippen LogP contribution is -2.42. The van der Waals surface area contributed by atoms with Gasteiger partial charge in [0.05, 0.1) is 17.3 Å². The number of hydrogen-bond donors (Lipinski definition) is 1. The van der Waals surface area contributed by atoms with Crippen LogP contribution in [0.1, 0.15) is 53.0 Å². The molecule has 8 nitrogen and oxygen atoms in total. The van der Waals surface area contributed by atoms with Gasteiger partial charge in [-0.25, -0.2) is 9.50 Å². The zero-order valence-corrected chi connectivity index (χ0v) is 16.5. The van der Waals surface area contributed by atoms with Crippen LogP contribution in [0.2, 0.25) is 5.02 Å². The van der Waals surface area contributed by atoms with Crippen molar-refractivity contribution in [3.8, 4) is 0 Å². The molecule has 3 aromatic heterocycles. The molecule has 4 rings (SSSR count). The molecule has 2 amide bonds. The van der Waals surface area contributed by atoms with Gasteiger partial charge in [-0.1, -0.05) is 18.5 Å². The van der Waals surface area contributed by atoms with Gasteiger partial charge in [-0.05, 0) is 25.5 Å². The van der Waals surface area contributed by atoms with E-state index in [0.717, 1.165) is 12.1 Å². The third-order valence-corrected chi connectivity index (χ3v) is 5.20. The highest BCUT2D eigenvalue weighted by molar-refractivity contribution is 6.30. The second-order valence-electron chi connectivity index (χ2n) is 6.83. The average molecular weight is 401 g/mol. The lowest BCUT2D eigenvalue weighted by Gasteiger charge is -2.35. The van der Waals surface area contributed by atoms with Gasteiger partial charge in [-0.15, -0.1) is 0 Å². The summed E-state index contributed by atoms with van der Waals surface area (Å²) in [6.07, 6.45) is 4.03. The summed E-state index contributed by atoms with van der Waals surface area (Å²) in [4.78, 5) is 31.4. The number of carbonyl (C=O) groups excluding carboxylic acids is 2. The van der Waals surface area contributed by atoms with Crippen LogP contribution in [0.5, 0.6) is 0 Å². The van der Waals surface area contributed by atoms with Crippen molar-refractivity contribution in [1.29, 1.82) is 0 Å². The number of hydrogen-bond acceptors (Lipinski definition) is 4. The van der Waals surface area contributed by atoms with Crippen molar-refractivity contribution in [2.24, 2.45) is 0 Å². The molecule has 1 N–H and O–H groups in total. The SMILES string of the molecule is CCCNC(=O)c1ccc2n1CCN(C(=O)c1cc3ncc(Cl)cn3n1)C2C. The molecule has 0 saturated heterocycles. The Morgan fingerprint density at radius 2 is 2.14 bits per heavy atom. The Balaban J connectivity index is 1.58. The van der Waals surface area contributed by atoms with E-state index in [1.54, 1.807) is 17.2 Å².